The molecular weight excluding hydrogens is 482 g/mol. The third kappa shape index (κ3) is 11.8. The third-order valence-electron chi connectivity index (χ3n) is 6.68. The van der Waals surface area contributed by atoms with Crippen molar-refractivity contribution in [1.82, 2.24) is 5.32 Å². The molecule has 0 heterocycles. The van der Waals surface area contributed by atoms with E-state index in [0.29, 0.717) is 32.2 Å². The number of amides is 1. The Bertz CT molecular complexity index is 857. The number of hydrogen-bond acceptors (Lipinski definition) is 5. The molecule has 0 aliphatic heterocycles. The molecule has 1 fully saturated rings. The standard InChI is InChI=1S/C30H45NO5Si/c1-5-30(34)35-28-22-27(32)25(16-12-7-8-13-17-29(33)31-6-2)26(28)21-20-24(36-37(3)4)19-18-23-14-10-9-11-15-23/h7,9-12,14-15,20-21,24-28,32H,5-6,8,13,16-19,22H2,1-4H3/p+1/b12-7-,21-20+/t24-,25+,26+,27-,28+/m0/s1. The van der Waals surface area contributed by atoms with E-state index in [2.05, 4.69) is 67.0 Å². The van der Waals surface area contributed by atoms with E-state index < -0.39 is 15.1 Å². The first-order valence-electron chi connectivity index (χ1n) is 13.8. The summed E-state index contributed by atoms with van der Waals surface area (Å²) >= 11 is 0. The first kappa shape index (κ1) is 31.0. The SMILES string of the molecule is CCNC(=O)CCC/C=C\C[C@@H]1[C@@H](/C=C/[C@H](CCc2ccccc2)O[Si+](C)C)[C@H](OC(=O)CC)C[C@@H]1O. The Morgan fingerprint density at radius 1 is 1.19 bits per heavy atom. The third-order valence-corrected chi connectivity index (χ3v) is 7.46. The molecular formula is C30H46NO5Si+. The summed E-state index contributed by atoms with van der Waals surface area (Å²) in [6.07, 6.45) is 13.0. The molecule has 6 nitrogen and oxygen atoms in total. The lowest BCUT2D eigenvalue weighted by atomic mass is 9.89. The van der Waals surface area contributed by atoms with Gasteiger partial charge < -0.3 is 15.2 Å². The number of allylic oxidation sites excluding steroid dienone is 2. The van der Waals surface area contributed by atoms with Gasteiger partial charge in [0.05, 0.1) is 19.2 Å². The molecule has 0 unspecified atom stereocenters. The van der Waals surface area contributed by atoms with Crippen LogP contribution in [0.5, 0.6) is 0 Å². The fourth-order valence-corrected chi connectivity index (χ4v) is 5.60. The summed E-state index contributed by atoms with van der Waals surface area (Å²) in [6, 6.07) is 10.4. The van der Waals surface area contributed by atoms with Gasteiger partial charge in [0.2, 0.25) is 5.91 Å². The molecule has 2 rings (SSSR count). The Morgan fingerprint density at radius 2 is 1.95 bits per heavy atom. The maximum Gasteiger partial charge on any atom is 0.467 e. The highest BCUT2D eigenvalue weighted by Gasteiger charge is 2.42. The lowest BCUT2D eigenvalue weighted by Crippen LogP contribution is -2.25. The van der Waals surface area contributed by atoms with Gasteiger partial charge in [-0.25, -0.2) is 4.43 Å². The molecule has 0 bridgehead atoms. The molecule has 0 saturated heterocycles. The van der Waals surface area contributed by atoms with Crippen molar-refractivity contribution < 1.29 is 23.9 Å². The zero-order chi connectivity index (χ0) is 27.0. The van der Waals surface area contributed by atoms with Gasteiger partial charge in [0, 0.05) is 31.7 Å². The highest BCUT2D eigenvalue weighted by molar-refractivity contribution is 6.48. The van der Waals surface area contributed by atoms with Gasteiger partial charge in [-0.05, 0) is 50.5 Å². The van der Waals surface area contributed by atoms with E-state index in [0.717, 1.165) is 25.7 Å². The van der Waals surface area contributed by atoms with Crippen molar-refractivity contribution in [3.05, 3.63) is 60.2 Å². The average Bonchev–Trinajstić information content (AvgIpc) is 3.16. The van der Waals surface area contributed by atoms with Crippen LogP contribution in [0.15, 0.2) is 54.6 Å². The maximum absolute atomic E-state index is 12.1. The first-order chi connectivity index (χ1) is 17.8. The molecule has 1 saturated carbocycles. The van der Waals surface area contributed by atoms with Crippen molar-refractivity contribution >= 4 is 20.9 Å². The average molecular weight is 529 g/mol. The molecule has 5 atom stereocenters. The van der Waals surface area contributed by atoms with Gasteiger partial charge in [0.15, 0.2) is 0 Å². The van der Waals surface area contributed by atoms with Crippen LogP contribution in [0.25, 0.3) is 0 Å². The second-order valence-corrected chi connectivity index (χ2v) is 12.0. The van der Waals surface area contributed by atoms with Crippen molar-refractivity contribution in [3.8, 4) is 0 Å². The molecule has 0 radical (unpaired) electrons. The van der Waals surface area contributed by atoms with Crippen molar-refractivity contribution in [3.63, 3.8) is 0 Å². The van der Waals surface area contributed by atoms with Crippen molar-refractivity contribution in [2.45, 2.75) is 96.6 Å². The van der Waals surface area contributed by atoms with Crippen LogP contribution in [0.2, 0.25) is 13.1 Å². The summed E-state index contributed by atoms with van der Waals surface area (Å²) in [4.78, 5) is 23.7. The summed E-state index contributed by atoms with van der Waals surface area (Å²) in [7, 11) is -0.900. The smallest absolute Gasteiger partial charge is 0.462 e. The van der Waals surface area contributed by atoms with Gasteiger partial charge in [0.25, 0.3) is 0 Å². The number of aliphatic hydroxyl groups excluding tert-OH is 1. The van der Waals surface area contributed by atoms with Crippen LogP contribution in [0.4, 0.5) is 0 Å². The Hall–Kier alpha value is -2.22. The van der Waals surface area contributed by atoms with E-state index in [-0.39, 0.29) is 35.9 Å². The molecule has 0 aromatic heterocycles. The fraction of sp³-hybridized carbons (Fsp3) is 0.600. The minimum absolute atomic E-state index is 0.0187. The zero-order valence-electron chi connectivity index (χ0n) is 23.0. The van der Waals surface area contributed by atoms with Gasteiger partial charge in [-0.3, -0.25) is 9.59 Å². The Labute approximate surface area is 225 Å². The van der Waals surface area contributed by atoms with Crippen molar-refractivity contribution in [2.75, 3.05) is 6.54 Å². The monoisotopic (exact) mass is 528 g/mol. The normalized spacial score (nSPS) is 22.4. The molecule has 1 aliphatic rings. The number of hydrogen-bond donors (Lipinski definition) is 2. The summed E-state index contributed by atoms with van der Waals surface area (Å²) in [5.41, 5.74) is 1.28. The summed E-state index contributed by atoms with van der Waals surface area (Å²) in [6.45, 7) is 8.64. The van der Waals surface area contributed by atoms with Crippen LogP contribution in [-0.4, -0.2) is 50.9 Å². The Morgan fingerprint density at radius 3 is 2.62 bits per heavy atom. The van der Waals surface area contributed by atoms with Crippen molar-refractivity contribution in [2.24, 2.45) is 11.8 Å². The summed E-state index contributed by atoms with van der Waals surface area (Å²) < 4.78 is 12.0. The first-order valence-corrected chi connectivity index (χ1v) is 16.2. The molecule has 1 aromatic carbocycles. The Kier molecular flexibility index (Phi) is 14.5. The number of aliphatic hydroxyl groups is 1. The molecule has 7 heteroatoms. The topological polar surface area (TPSA) is 84.9 Å². The molecule has 1 amide bonds. The van der Waals surface area contributed by atoms with Crippen LogP contribution < -0.4 is 5.32 Å². The van der Waals surface area contributed by atoms with Gasteiger partial charge in [-0.2, -0.15) is 0 Å². The highest BCUT2D eigenvalue weighted by atomic mass is 28.3. The van der Waals surface area contributed by atoms with E-state index in [1.165, 1.54) is 5.56 Å². The lowest BCUT2D eigenvalue weighted by Gasteiger charge is -2.22. The number of carbonyl (C=O) groups excluding carboxylic acids is 2. The quantitative estimate of drug-likeness (QED) is 0.130. The number of rotatable bonds is 16. The van der Waals surface area contributed by atoms with Crippen molar-refractivity contribution in [1.29, 1.82) is 0 Å². The predicted molar refractivity (Wildman–Crippen MR) is 150 cm³/mol. The van der Waals surface area contributed by atoms with E-state index in [1.807, 2.05) is 13.0 Å². The van der Waals surface area contributed by atoms with E-state index in [4.69, 9.17) is 9.16 Å². The molecule has 204 valence electrons. The molecule has 1 aliphatic carbocycles. The van der Waals surface area contributed by atoms with Crippen LogP contribution in [0.3, 0.4) is 0 Å². The number of benzene rings is 1. The largest absolute Gasteiger partial charge is 0.467 e. The number of ether oxygens (including phenoxy) is 1. The second-order valence-electron chi connectivity index (χ2n) is 9.95. The van der Waals surface area contributed by atoms with Crippen LogP contribution in [0, 0.1) is 11.8 Å². The van der Waals surface area contributed by atoms with Gasteiger partial charge in [-0.15, -0.1) is 0 Å². The Balaban J connectivity index is 2.06. The highest BCUT2D eigenvalue weighted by Crippen LogP contribution is 2.38. The summed E-state index contributed by atoms with van der Waals surface area (Å²) in [5.74, 6) is -0.256. The van der Waals surface area contributed by atoms with E-state index >= 15 is 0 Å². The van der Waals surface area contributed by atoms with Gasteiger partial charge >= 0.3 is 15.0 Å². The maximum atomic E-state index is 12.1. The van der Waals surface area contributed by atoms with Crippen LogP contribution >= 0.6 is 0 Å². The number of nitrogens with one attached hydrogen (secondary N) is 1. The molecule has 37 heavy (non-hydrogen) atoms. The van der Waals surface area contributed by atoms with Gasteiger partial charge in [0.1, 0.15) is 12.2 Å². The minimum atomic E-state index is -0.900. The summed E-state index contributed by atoms with van der Waals surface area (Å²) in [5, 5.41) is 13.7. The van der Waals surface area contributed by atoms with E-state index in [1.54, 1.807) is 6.92 Å². The van der Waals surface area contributed by atoms with Crippen LogP contribution in [-0.2, 0) is 25.2 Å². The minimum Gasteiger partial charge on any atom is -0.462 e. The van der Waals surface area contributed by atoms with Gasteiger partial charge in [-0.1, -0.05) is 61.6 Å². The number of carbonyl (C=O) groups is 2. The van der Waals surface area contributed by atoms with Crippen LogP contribution in [0.1, 0.15) is 64.4 Å². The second kappa shape index (κ2) is 17.3. The predicted octanol–water partition coefficient (Wildman–Crippen LogP) is 5.38. The number of esters is 1. The number of unbranched alkanes of at least 4 members (excludes halogenated alkanes) is 1. The zero-order valence-corrected chi connectivity index (χ0v) is 24.0. The van der Waals surface area contributed by atoms with E-state index in [9.17, 15) is 14.7 Å². The number of aryl methyl sites for hydroxylation is 1. The molecule has 2 N–H and O–H groups in total. The molecule has 1 aromatic rings. The lowest BCUT2D eigenvalue weighted by molar-refractivity contribution is -0.150. The fourth-order valence-electron chi connectivity index (χ4n) is 4.80. The molecule has 0 spiro atoms.